The molecule has 1 aliphatic rings. The zero-order valence-corrected chi connectivity index (χ0v) is 8.23. The number of methoxy groups -OCH3 is 1. The first kappa shape index (κ1) is 11.0. The molecule has 1 heterocycles. The Labute approximate surface area is 82.6 Å². The van der Waals surface area contributed by atoms with Crippen LogP contribution in [0.15, 0.2) is 0 Å². The molecule has 1 fully saturated rings. The quantitative estimate of drug-likeness (QED) is 0.649. The number of aliphatic carboxylic acids is 1. The van der Waals surface area contributed by atoms with E-state index in [9.17, 15) is 9.59 Å². The van der Waals surface area contributed by atoms with E-state index in [1.807, 2.05) is 4.90 Å². The van der Waals surface area contributed by atoms with Gasteiger partial charge in [-0.2, -0.15) is 0 Å². The summed E-state index contributed by atoms with van der Waals surface area (Å²) in [6, 6.07) is 0. The van der Waals surface area contributed by atoms with Crippen LogP contribution < -0.4 is 0 Å². The molecule has 0 saturated carbocycles. The van der Waals surface area contributed by atoms with Gasteiger partial charge in [0, 0.05) is 0 Å². The van der Waals surface area contributed by atoms with Crippen molar-refractivity contribution >= 4 is 11.9 Å². The van der Waals surface area contributed by atoms with E-state index in [1.165, 1.54) is 7.11 Å². The molecule has 1 saturated heterocycles. The molecule has 0 atom stereocenters. The number of ether oxygens (including phenoxy) is 1. The molecule has 1 rings (SSSR count). The molecule has 0 aromatic heterocycles. The molecule has 0 aliphatic carbocycles. The second kappa shape index (κ2) is 4.95. The molecule has 0 unspecified atom stereocenters. The Balaban J connectivity index is 2.29. The van der Waals surface area contributed by atoms with Crippen molar-refractivity contribution in [3.8, 4) is 0 Å². The summed E-state index contributed by atoms with van der Waals surface area (Å²) in [5.74, 6) is -1.25. The molecule has 0 aromatic carbocycles. The molecule has 0 amide bonds. The minimum absolute atomic E-state index is 0.246. The van der Waals surface area contributed by atoms with E-state index >= 15 is 0 Å². The number of piperidine rings is 1. The molecule has 0 spiro atoms. The second-order valence-corrected chi connectivity index (χ2v) is 3.46. The topological polar surface area (TPSA) is 66.8 Å². The number of hydrogen-bond donors (Lipinski definition) is 1. The number of likely N-dealkylation sites (tertiary alicyclic amines) is 1. The summed E-state index contributed by atoms with van der Waals surface area (Å²) in [4.78, 5) is 23.5. The Kier molecular flexibility index (Phi) is 3.88. The first-order valence-corrected chi connectivity index (χ1v) is 4.65. The number of nitrogens with zero attached hydrogens (tertiary/aromatic N) is 1. The van der Waals surface area contributed by atoms with Crippen LogP contribution in [-0.2, 0) is 14.3 Å². The van der Waals surface area contributed by atoms with Crippen molar-refractivity contribution in [2.45, 2.75) is 12.8 Å². The van der Waals surface area contributed by atoms with E-state index in [-0.39, 0.29) is 18.4 Å². The van der Waals surface area contributed by atoms with Crippen molar-refractivity contribution in [3.05, 3.63) is 0 Å². The number of esters is 1. The molecule has 1 N–H and O–H groups in total. The summed E-state index contributed by atoms with van der Waals surface area (Å²) in [7, 11) is 1.35. The van der Waals surface area contributed by atoms with Crippen molar-refractivity contribution in [1.29, 1.82) is 0 Å². The Bertz CT molecular complexity index is 221. The average Bonchev–Trinajstić information content (AvgIpc) is 2.18. The molecule has 0 bridgehead atoms. The van der Waals surface area contributed by atoms with Gasteiger partial charge in [0.1, 0.15) is 0 Å². The normalized spacial score (nSPS) is 19.2. The average molecular weight is 201 g/mol. The van der Waals surface area contributed by atoms with Crippen LogP contribution in [0.2, 0.25) is 0 Å². The van der Waals surface area contributed by atoms with E-state index < -0.39 is 5.97 Å². The van der Waals surface area contributed by atoms with E-state index in [0.717, 1.165) is 0 Å². The van der Waals surface area contributed by atoms with Gasteiger partial charge in [-0.25, -0.2) is 0 Å². The summed E-state index contributed by atoms with van der Waals surface area (Å²) in [5, 5.41) is 8.74. The van der Waals surface area contributed by atoms with Gasteiger partial charge < -0.3 is 9.84 Å². The molecule has 80 valence electrons. The standard InChI is InChI=1S/C9H15NO4/c1-14-8(11)6-10-4-2-7(3-5-10)9(12)13/h7H,2-6H2,1H3,(H,12,13). The third-order valence-electron chi connectivity index (χ3n) is 2.52. The maximum atomic E-state index is 10.9. The Hall–Kier alpha value is -1.10. The van der Waals surface area contributed by atoms with Gasteiger partial charge in [0.15, 0.2) is 0 Å². The maximum absolute atomic E-state index is 10.9. The fourth-order valence-electron chi connectivity index (χ4n) is 1.59. The van der Waals surface area contributed by atoms with Crippen LogP contribution in [0.25, 0.3) is 0 Å². The van der Waals surface area contributed by atoms with Crippen LogP contribution in [0.1, 0.15) is 12.8 Å². The molecule has 14 heavy (non-hydrogen) atoms. The predicted molar refractivity (Wildman–Crippen MR) is 48.8 cm³/mol. The first-order valence-electron chi connectivity index (χ1n) is 4.65. The highest BCUT2D eigenvalue weighted by Gasteiger charge is 2.25. The molecule has 0 radical (unpaired) electrons. The summed E-state index contributed by atoms with van der Waals surface area (Å²) >= 11 is 0. The highest BCUT2D eigenvalue weighted by Crippen LogP contribution is 2.16. The van der Waals surface area contributed by atoms with Crippen LogP contribution >= 0.6 is 0 Å². The third-order valence-corrected chi connectivity index (χ3v) is 2.52. The van der Waals surface area contributed by atoms with Crippen LogP contribution in [0, 0.1) is 5.92 Å². The Morgan fingerprint density at radius 2 is 2.00 bits per heavy atom. The zero-order valence-electron chi connectivity index (χ0n) is 8.23. The van der Waals surface area contributed by atoms with E-state index in [1.54, 1.807) is 0 Å². The van der Waals surface area contributed by atoms with Crippen molar-refractivity contribution in [1.82, 2.24) is 4.90 Å². The lowest BCUT2D eigenvalue weighted by molar-refractivity contribution is -0.144. The second-order valence-electron chi connectivity index (χ2n) is 3.46. The van der Waals surface area contributed by atoms with Crippen molar-refractivity contribution in [2.75, 3.05) is 26.7 Å². The summed E-state index contributed by atoms with van der Waals surface area (Å²) in [5.41, 5.74) is 0. The number of hydrogen-bond acceptors (Lipinski definition) is 4. The zero-order chi connectivity index (χ0) is 10.6. The molecule has 1 aliphatic heterocycles. The van der Waals surface area contributed by atoms with Crippen molar-refractivity contribution in [3.63, 3.8) is 0 Å². The van der Waals surface area contributed by atoms with Gasteiger partial charge in [-0.15, -0.1) is 0 Å². The minimum atomic E-state index is -0.734. The lowest BCUT2D eigenvalue weighted by Gasteiger charge is -2.28. The highest BCUT2D eigenvalue weighted by atomic mass is 16.5. The van der Waals surface area contributed by atoms with E-state index in [4.69, 9.17) is 5.11 Å². The Morgan fingerprint density at radius 1 is 1.43 bits per heavy atom. The monoisotopic (exact) mass is 201 g/mol. The SMILES string of the molecule is COC(=O)CN1CCC(C(=O)O)CC1. The summed E-state index contributed by atoms with van der Waals surface area (Å²) in [6.45, 7) is 1.58. The molecule has 0 aromatic rings. The van der Waals surface area contributed by atoms with Crippen molar-refractivity contribution in [2.24, 2.45) is 5.92 Å². The molecule has 5 heteroatoms. The van der Waals surface area contributed by atoms with Crippen LogP contribution in [-0.4, -0.2) is 48.7 Å². The first-order chi connectivity index (χ1) is 6.63. The molecule has 5 nitrogen and oxygen atoms in total. The van der Waals surface area contributed by atoms with Gasteiger partial charge in [-0.05, 0) is 25.9 Å². The highest BCUT2D eigenvalue weighted by molar-refractivity contribution is 5.72. The largest absolute Gasteiger partial charge is 0.481 e. The number of carbonyl (C=O) groups excluding carboxylic acids is 1. The predicted octanol–water partition coefficient (Wildman–Crippen LogP) is -0.0440. The van der Waals surface area contributed by atoms with Crippen LogP contribution in [0.5, 0.6) is 0 Å². The van der Waals surface area contributed by atoms with Gasteiger partial charge in [-0.1, -0.05) is 0 Å². The summed E-state index contributed by atoms with van der Waals surface area (Å²) in [6.07, 6.45) is 1.23. The Morgan fingerprint density at radius 3 is 2.43 bits per heavy atom. The van der Waals surface area contributed by atoms with Gasteiger partial charge in [0.25, 0.3) is 0 Å². The van der Waals surface area contributed by atoms with Gasteiger partial charge in [0.05, 0.1) is 19.6 Å². The van der Waals surface area contributed by atoms with E-state index in [2.05, 4.69) is 4.74 Å². The minimum Gasteiger partial charge on any atom is -0.481 e. The number of carboxylic acids is 1. The van der Waals surface area contributed by atoms with Crippen LogP contribution in [0.3, 0.4) is 0 Å². The lowest BCUT2D eigenvalue weighted by Crippen LogP contribution is -2.39. The smallest absolute Gasteiger partial charge is 0.319 e. The van der Waals surface area contributed by atoms with Gasteiger partial charge in [-0.3, -0.25) is 14.5 Å². The third kappa shape index (κ3) is 2.99. The van der Waals surface area contributed by atoms with Crippen molar-refractivity contribution < 1.29 is 19.4 Å². The van der Waals surface area contributed by atoms with Gasteiger partial charge >= 0.3 is 11.9 Å². The fourth-order valence-corrected chi connectivity index (χ4v) is 1.59. The maximum Gasteiger partial charge on any atom is 0.319 e. The van der Waals surface area contributed by atoms with Crippen LogP contribution in [0.4, 0.5) is 0 Å². The molecular formula is C9H15NO4. The molecular weight excluding hydrogens is 186 g/mol. The fraction of sp³-hybridized carbons (Fsp3) is 0.778. The number of carboxylic acid groups (broad SMARTS) is 1. The van der Waals surface area contributed by atoms with Gasteiger partial charge in [0.2, 0.25) is 0 Å². The summed E-state index contributed by atoms with van der Waals surface area (Å²) < 4.78 is 4.53. The lowest BCUT2D eigenvalue weighted by atomic mass is 9.97. The number of rotatable bonds is 3. The van der Waals surface area contributed by atoms with E-state index in [0.29, 0.717) is 25.9 Å². The number of carbonyl (C=O) groups is 2.